The van der Waals surface area contributed by atoms with Crippen molar-refractivity contribution in [3.05, 3.63) is 48.0 Å². The van der Waals surface area contributed by atoms with E-state index in [1.54, 1.807) is 0 Å². The first-order chi connectivity index (χ1) is 11.3. The molecule has 2 heterocycles. The fourth-order valence-corrected chi connectivity index (χ4v) is 4.09. The summed E-state index contributed by atoms with van der Waals surface area (Å²) >= 11 is 0. The largest absolute Gasteiger partial charge is 0.341 e. The molecule has 3 aromatic rings. The number of rotatable bonds is 3. The topological polar surface area (TPSA) is 43.0 Å². The van der Waals surface area contributed by atoms with Crippen LogP contribution < -0.4 is 11.1 Å². The zero-order valence-corrected chi connectivity index (χ0v) is 13.8. The van der Waals surface area contributed by atoms with Crippen LogP contribution in [0, 0.1) is 5.92 Å². The Morgan fingerprint density at radius 3 is 2.61 bits per heavy atom. The van der Waals surface area contributed by atoms with Crippen LogP contribution in [0.15, 0.2) is 42.5 Å². The lowest BCUT2D eigenvalue weighted by atomic mass is 9.86. The second kappa shape index (κ2) is 5.99. The molecule has 23 heavy (non-hydrogen) atoms. The Balaban J connectivity index is 1.82. The molecule has 0 radical (unpaired) electrons. The summed E-state index contributed by atoms with van der Waals surface area (Å²) in [6.07, 6.45) is 2.35. The average molecular weight is 307 g/mol. The van der Waals surface area contributed by atoms with Crippen LogP contribution >= 0.6 is 0 Å². The number of benzene rings is 2. The molecule has 2 aromatic carbocycles. The molecule has 1 saturated heterocycles. The van der Waals surface area contributed by atoms with Gasteiger partial charge in [0.05, 0.1) is 0 Å². The molecule has 1 aliphatic rings. The van der Waals surface area contributed by atoms with E-state index in [2.05, 4.69) is 59.3 Å². The van der Waals surface area contributed by atoms with Gasteiger partial charge in [-0.1, -0.05) is 24.3 Å². The van der Waals surface area contributed by atoms with Crippen LogP contribution in [0.4, 0.5) is 0 Å². The second-order valence-electron chi connectivity index (χ2n) is 6.65. The maximum absolute atomic E-state index is 6.61. The number of nitrogens with two attached hydrogens (primary N) is 1. The number of fused-ring (bicyclic) bond motifs is 3. The zero-order valence-electron chi connectivity index (χ0n) is 13.8. The van der Waals surface area contributed by atoms with Crippen LogP contribution in [0.2, 0.25) is 0 Å². The highest BCUT2D eigenvalue weighted by Gasteiger charge is 2.22. The standard InChI is InChI=1S/C20H25N3/c1-2-23-18-6-4-3-5-16(18)17-13-15(7-8-19(17)23)20(21)14-9-11-22-12-10-14/h3-8,13-14,20,22H,2,9-12,21H2,1H3/t20-/m1/s1. The molecule has 0 saturated carbocycles. The highest BCUT2D eigenvalue weighted by atomic mass is 15.0. The maximum atomic E-state index is 6.61. The lowest BCUT2D eigenvalue weighted by Crippen LogP contribution is -2.33. The fourth-order valence-electron chi connectivity index (χ4n) is 4.09. The van der Waals surface area contributed by atoms with E-state index in [1.165, 1.54) is 40.2 Å². The van der Waals surface area contributed by atoms with Crippen LogP contribution in [0.5, 0.6) is 0 Å². The van der Waals surface area contributed by atoms with Crippen molar-refractivity contribution in [2.45, 2.75) is 32.4 Å². The first-order valence-corrected chi connectivity index (χ1v) is 8.76. The van der Waals surface area contributed by atoms with Crippen LogP contribution in [0.1, 0.15) is 31.4 Å². The van der Waals surface area contributed by atoms with Crippen LogP contribution in [-0.2, 0) is 6.54 Å². The normalized spacial score (nSPS) is 17.8. The van der Waals surface area contributed by atoms with Gasteiger partial charge < -0.3 is 15.6 Å². The predicted molar refractivity (Wildman–Crippen MR) is 97.6 cm³/mol. The summed E-state index contributed by atoms with van der Waals surface area (Å²) in [5, 5.41) is 6.10. The van der Waals surface area contributed by atoms with Gasteiger partial charge >= 0.3 is 0 Å². The molecule has 120 valence electrons. The molecule has 0 aliphatic carbocycles. The molecule has 0 unspecified atom stereocenters. The minimum atomic E-state index is 0.144. The number of para-hydroxylation sites is 1. The van der Waals surface area contributed by atoms with E-state index in [0.717, 1.165) is 19.6 Å². The Kier molecular flexibility index (Phi) is 3.83. The Labute approximate surface area is 137 Å². The Morgan fingerprint density at radius 2 is 1.83 bits per heavy atom. The molecule has 3 nitrogen and oxygen atoms in total. The summed E-state index contributed by atoms with van der Waals surface area (Å²) in [5.41, 5.74) is 10.5. The minimum absolute atomic E-state index is 0.144. The summed E-state index contributed by atoms with van der Waals surface area (Å²) in [6, 6.07) is 15.7. The third-order valence-electron chi connectivity index (χ3n) is 5.39. The highest BCUT2D eigenvalue weighted by molar-refractivity contribution is 6.08. The Hall–Kier alpha value is -1.84. The van der Waals surface area contributed by atoms with Crippen molar-refractivity contribution in [1.29, 1.82) is 0 Å². The third kappa shape index (κ3) is 2.44. The van der Waals surface area contributed by atoms with Crippen molar-refractivity contribution >= 4 is 21.8 Å². The molecule has 4 rings (SSSR count). The number of hydrogen-bond donors (Lipinski definition) is 2. The molecule has 0 bridgehead atoms. The molecule has 1 aliphatic heterocycles. The summed E-state index contributed by atoms with van der Waals surface area (Å²) in [4.78, 5) is 0. The van der Waals surface area contributed by atoms with Crippen molar-refractivity contribution < 1.29 is 0 Å². The molecule has 3 N–H and O–H groups in total. The van der Waals surface area contributed by atoms with E-state index in [4.69, 9.17) is 5.73 Å². The second-order valence-corrected chi connectivity index (χ2v) is 6.65. The van der Waals surface area contributed by atoms with Crippen molar-refractivity contribution in [3.63, 3.8) is 0 Å². The molecule has 1 atom stereocenters. The molecule has 1 aromatic heterocycles. The van der Waals surface area contributed by atoms with Gasteiger partial charge in [-0.15, -0.1) is 0 Å². The van der Waals surface area contributed by atoms with Gasteiger partial charge in [0.1, 0.15) is 0 Å². The van der Waals surface area contributed by atoms with E-state index in [1.807, 2.05) is 0 Å². The number of hydrogen-bond acceptors (Lipinski definition) is 2. The number of nitrogens with zero attached hydrogens (tertiary/aromatic N) is 1. The number of aromatic nitrogens is 1. The third-order valence-corrected chi connectivity index (χ3v) is 5.39. The van der Waals surface area contributed by atoms with Gasteiger partial charge in [0, 0.05) is 34.4 Å². The molecular formula is C20H25N3. The number of nitrogens with one attached hydrogen (secondary N) is 1. The molecule has 3 heteroatoms. The van der Waals surface area contributed by atoms with E-state index in [0.29, 0.717) is 5.92 Å². The fraction of sp³-hybridized carbons (Fsp3) is 0.400. The van der Waals surface area contributed by atoms with Gasteiger partial charge in [0.15, 0.2) is 0 Å². The van der Waals surface area contributed by atoms with Gasteiger partial charge in [-0.25, -0.2) is 0 Å². The summed E-state index contributed by atoms with van der Waals surface area (Å²) in [5.74, 6) is 0.591. The summed E-state index contributed by atoms with van der Waals surface area (Å²) < 4.78 is 2.39. The zero-order chi connectivity index (χ0) is 15.8. The molecule has 0 amide bonds. The first kappa shape index (κ1) is 14.7. The summed E-state index contributed by atoms with van der Waals surface area (Å²) in [7, 11) is 0. The van der Waals surface area contributed by atoms with E-state index >= 15 is 0 Å². The number of aryl methyl sites for hydroxylation is 1. The molecule has 0 spiro atoms. The van der Waals surface area contributed by atoms with E-state index in [9.17, 15) is 0 Å². The Morgan fingerprint density at radius 1 is 1.09 bits per heavy atom. The van der Waals surface area contributed by atoms with E-state index < -0.39 is 0 Å². The van der Waals surface area contributed by atoms with Gasteiger partial charge in [0.2, 0.25) is 0 Å². The van der Waals surface area contributed by atoms with Gasteiger partial charge in [0.25, 0.3) is 0 Å². The van der Waals surface area contributed by atoms with Crippen molar-refractivity contribution in [3.8, 4) is 0 Å². The van der Waals surface area contributed by atoms with Gasteiger partial charge in [-0.2, -0.15) is 0 Å². The smallest absolute Gasteiger partial charge is 0.0491 e. The minimum Gasteiger partial charge on any atom is -0.341 e. The van der Waals surface area contributed by atoms with Crippen molar-refractivity contribution in [2.24, 2.45) is 11.7 Å². The van der Waals surface area contributed by atoms with Crippen LogP contribution in [-0.4, -0.2) is 17.7 Å². The molecular weight excluding hydrogens is 282 g/mol. The SMILES string of the molecule is CCn1c2ccccc2c2cc([C@H](N)C3CCNCC3)ccc21. The summed E-state index contributed by atoms with van der Waals surface area (Å²) in [6.45, 7) is 5.38. The average Bonchev–Trinajstić information content (AvgIpc) is 2.95. The predicted octanol–water partition coefficient (Wildman–Crippen LogP) is 3.81. The lowest BCUT2D eigenvalue weighted by molar-refractivity contribution is 0.322. The van der Waals surface area contributed by atoms with Crippen LogP contribution in [0.3, 0.4) is 0 Å². The van der Waals surface area contributed by atoms with Crippen LogP contribution in [0.25, 0.3) is 21.8 Å². The van der Waals surface area contributed by atoms with Crippen molar-refractivity contribution in [2.75, 3.05) is 13.1 Å². The maximum Gasteiger partial charge on any atom is 0.0491 e. The highest BCUT2D eigenvalue weighted by Crippen LogP contribution is 2.33. The van der Waals surface area contributed by atoms with Gasteiger partial charge in [-0.05, 0) is 62.5 Å². The molecule has 1 fully saturated rings. The van der Waals surface area contributed by atoms with E-state index in [-0.39, 0.29) is 6.04 Å². The quantitative estimate of drug-likeness (QED) is 0.772. The Bertz CT molecular complexity index is 827. The first-order valence-electron chi connectivity index (χ1n) is 8.76. The van der Waals surface area contributed by atoms with Crippen molar-refractivity contribution in [1.82, 2.24) is 9.88 Å². The monoisotopic (exact) mass is 307 g/mol. The lowest BCUT2D eigenvalue weighted by Gasteiger charge is -2.28. The van der Waals surface area contributed by atoms with Gasteiger partial charge in [-0.3, -0.25) is 0 Å². The number of piperidine rings is 1.